The first-order valence-corrected chi connectivity index (χ1v) is 18.3. The molecule has 2 aliphatic heterocycles. The number of likely N-dealkylation sites (N-methyl/N-ethyl adjacent to an activating group) is 1. The Labute approximate surface area is 312 Å². The van der Waals surface area contributed by atoms with Gasteiger partial charge < -0.3 is 40.4 Å². The molecule has 15 nitrogen and oxygen atoms in total. The number of hydrogen-bond donors (Lipinski definition) is 4. The highest BCUT2D eigenvalue weighted by molar-refractivity contribution is 6.03. The van der Waals surface area contributed by atoms with Crippen LogP contribution in [0.3, 0.4) is 0 Å². The van der Waals surface area contributed by atoms with Crippen molar-refractivity contribution in [2.75, 3.05) is 31.3 Å². The predicted molar refractivity (Wildman–Crippen MR) is 197 cm³/mol. The average Bonchev–Trinajstić information content (AvgIpc) is 3.43. The van der Waals surface area contributed by atoms with Gasteiger partial charge in [0.1, 0.15) is 46.8 Å². The van der Waals surface area contributed by atoms with E-state index in [0.717, 1.165) is 6.42 Å². The van der Waals surface area contributed by atoms with Crippen LogP contribution < -0.4 is 32.1 Å². The van der Waals surface area contributed by atoms with Gasteiger partial charge in [-0.25, -0.2) is 14.0 Å². The van der Waals surface area contributed by atoms with Crippen molar-refractivity contribution < 1.29 is 37.8 Å². The molecule has 3 aliphatic rings. The summed E-state index contributed by atoms with van der Waals surface area (Å²) in [6.07, 6.45) is 5.94. The van der Waals surface area contributed by atoms with Crippen molar-refractivity contribution in [1.29, 1.82) is 0 Å². The summed E-state index contributed by atoms with van der Waals surface area (Å²) in [5.74, 6) is -1.38. The molecule has 2 aromatic carbocycles. The van der Waals surface area contributed by atoms with Crippen LogP contribution in [0.25, 0.3) is 0 Å². The molecular formula is C38H49FN6O9. The number of fused-ring (bicyclic) bond motifs is 1. The molecule has 0 radical (unpaired) electrons. The number of rotatable bonds is 15. The molecule has 0 unspecified atom stereocenters. The Balaban J connectivity index is 1.11. The molecular weight excluding hydrogens is 703 g/mol. The Hall–Kier alpha value is -5.12. The van der Waals surface area contributed by atoms with E-state index >= 15 is 0 Å². The standard InChI is InChI=1S/C38H49FN6O9/c1-37(2,3)54-35(51)42-28(15-10-8-6-7-9-13-23-17-38(23,41-5)34(50)43-30-29(40-4)31(47)32(30)48)33(49)45-19-25(16-24(45)21-46)53-36(52)44-18-22-12-11-14-27(39)26(22)20-44/h9,11-14,21,23-25,28,40-41H,6-8,10,15-20H2,1-5H3,(H,42,51)(H,43,50)/b13-9-/t23-,24+,25-,28+,38-/m1/s1. The van der Waals surface area contributed by atoms with Gasteiger partial charge in [0.2, 0.25) is 11.8 Å². The second-order valence-corrected chi connectivity index (χ2v) is 15.1. The summed E-state index contributed by atoms with van der Waals surface area (Å²) in [5, 5.41) is 10.9. The number of unbranched alkanes of at least 4 members (excludes halogenated alkanes) is 3. The van der Waals surface area contributed by atoms with Crippen LogP contribution in [0.4, 0.5) is 25.4 Å². The Morgan fingerprint density at radius 3 is 2.46 bits per heavy atom. The van der Waals surface area contributed by atoms with Crippen molar-refractivity contribution in [3.05, 3.63) is 67.7 Å². The van der Waals surface area contributed by atoms with E-state index < -0.39 is 64.1 Å². The van der Waals surface area contributed by atoms with E-state index in [9.17, 15) is 38.0 Å². The van der Waals surface area contributed by atoms with Crippen LogP contribution in [-0.4, -0.2) is 90.1 Å². The molecule has 4 amide bonds. The molecule has 5 atom stereocenters. The number of nitrogens with zero attached hydrogens (tertiary/aromatic N) is 2. The van der Waals surface area contributed by atoms with Gasteiger partial charge in [-0.05, 0) is 65.1 Å². The van der Waals surface area contributed by atoms with E-state index in [4.69, 9.17) is 9.47 Å². The van der Waals surface area contributed by atoms with Crippen molar-refractivity contribution in [3.63, 3.8) is 0 Å². The summed E-state index contributed by atoms with van der Waals surface area (Å²) in [7, 11) is 3.17. The topological polar surface area (TPSA) is 193 Å². The first-order chi connectivity index (χ1) is 25.6. The van der Waals surface area contributed by atoms with Crippen LogP contribution in [0.15, 0.2) is 39.9 Å². The molecule has 1 saturated carbocycles. The zero-order valence-corrected chi connectivity index (χ0v) is 31.3. The number of likely N-dealkylation sites (tertiary alicyclic amines) is 1. The Bertz CT molecular complexity index is 1870. The summed E-state index contributed by atoms with van der Waals surface area (Å²) >= 11 is 0. The lowest BCUT2D eigenvalue weighted by Crippen LogP contribution is -2.51. The maximum atomic E-state index is 14.2. The summed E-state index contributed by atoms with van der Waals surface area (Å²) in [6, 6.07) is 2.79. The van der Waals surface area contributed by atoms with Crippen LogP contribution >= 0.6 is 0 Å². The maximum absolute atomic E-state index is 14.2. The normalized spacial score (nSPS) is 22.5. The summed E-state index contributed by atoms with van der Waals surface area (Å²) in [6.45, 7) is 5.31. The monoisotopic (exact) mass is 752 g/mol. The van der Waals surface area contributed by atoms with Gasteiger partial charge >= 0.3 is 12.2 Å². The van der Waals surface area contributed by atoms with E-state index in [1.54, 1.807) is 40.0 Å². The summed E-state index contributed by atoms with van der Waals surface area (Å²) in [5.41, 5.74) is -1.88. The lowest BCUT2D eigenvalue weighted by Gasteiger charge is -2.28. The van der Waals surface area contributed by atoms with Crippen LogP contribution in [0, 0.1) is 11.7 Å². The van der Waals surface area contributed by atoms with Gasteiger partial charge in [-0.3, -0.25) is 24.1 Å². The van der Waals surface area contributed by atoms with Crippen molar-refractivity contribution >= 4 is 41.7 Å². The number of hydrogen-bond acceptors (Lipinski definition) is 11. The number of alkyl carbamates (subject to hydrolysis) is 1. The molecule has 0 spiro atoms. The lowest BCUT2D eigenvalue weighted by molar-refractivity contribution is -0.137. The first kappa shape index (κ1) is 40.1. The number of amides is 4. The molecule has 2 fully saturated rings. The predicted octanol–water partition coefficient (Wildman–Crippen LogP) is 3.10. The van der Waals surface area contributed by atoms with Gasteiger partial charge in [-0.2, -0.15) is 0 Å². The smallest absolute Gasteiger partial charge is 0.410 e. The van der Waals surface area contributed by atoms with Gasteiger partial charge in [0.25, 0.3) is 10.9 Å². The number of aldehydes is 1. The summed E-state index contributed by atoms with van der Waals surface area (Å²) < 4.78 is 25.3. The molecule has 16 heteroatoms. The first-order valence-electron chi connectivity index (χ1n) is 18.3. The van der Waals surface area contributed by atoms with E-state index in [1.165, 1.54) is 22.9 Å². The number of nitrogens with one attached hydrogen (secondary N) is 4. The third-order valence-electron chi connectivity index (χ3n) is 10.2. The zero-order valence-electron chi connectivity index (χ0n) is 31.3. The Morgan fingerprint density at radius 1 is 1.06 bits per heavy atom. The van der Waals surface area contributed by atoms with Gasteiger partial charge in [0, 0.05) is 31.5 Å². The number of carbonyl (C=O) groups excluding carboxylic acids is 5. The highest BCUT2D eigenvalue weighted by Gasteiger charge is 2.58. The largest absolute Gasteiger partial charge is 0.444 e. The fourth-order valence-corrected chi connectivity index (χ4v) is 7.13. The second-order valence-electron chi connectivity index (χ2n) is 15.1. The minimum Gasteiger partial charge on any atom is -0.444 e. The second kappa shape index (κ2) is 16.5. The fourth-order valence-electron chi connectivity index (χ4n) is 7.13. The SMILES string of the molecule is CNc1c(NC(=O)[C@@]2(NC)C[C@H]2/C=C\CCCCC[C@H](NC(=O)OC(C)(C)C)C(=O)N2C[C@H](OC(=O)N3Cc4cccc(F)c4C3)C[C@H]2C=O)c(=O)c1=O. The van der Waals surface area contributed by atoms with Gasteiger partial charge in [-0.1, -0.05) is 37.1 Å². The summed E-state index contributed by atoms with van der Waals surface area (Å²) in [4.78, 5) is 91.0. The van der Waals surface area contributed by atoms with E-state index in [2.05, 4.69) is 21.3 Å². The quantitative estimate of drug-likeness (QED) is 0.0905. The molecule has 5 rings (SSSR count). The number of ether oxygens (including phenoxy) is 2. The van der Waals surface area contributed by atoms with Gasteiger partial charge in [-0.15, -0.1) is 0 Å². The minimum atomic E-state index is -0.999. The molecule has 2 heterocycles. The third kappa shape index (κ3) is 8.80. The number of allylic oxidation sites excluding steroid dienone is 1. The van der Waals surface area contributed by atoms with Crippen molar-refractivity contribution in [1.82, 2.24) is 20.4 Å². The molecule has 4 N–H and O–H groups in total. The van der Waals surface area contributed by atoms with E-state index in [-0.39, 0.29) is 55.7 Å². The number of anilines is 2. The van der Waals surface area contributed by atoms with Gasteiger partial charge in [0.15, 0.2) is 0 Å². The number of carbonyl (C=O) groups is 5. The maximum Gasteiger partial charge on any atom is 0.410 e. The fraction of sp³-hybridized carbons (Fsp3) is 0.553. The molecule has 0 bridgehead atoms. The minimum absolute atomic E-state index is 0.0210. The number of benzene rings is 1. The van der Waals surface area contributed by atoms with Crippen LogP contribution in [-0.2, 0) is 36.9 Å². The van der Waals surface area contributed by atoms with Crippen molar-refractivity contribution in [2.24, 2.45) is 5.92 Å². The zero-order chi connectivity index (χ0) is 39.4. The van der Waals surface area contributed by atoms with Crippen molar-refractivity contribution in [3.8, 4) is 0 Å². The highest BCUT2D eigenvalue weighted by Crippen LogP contribution is 2.45. The molecule has 1 aliphatic carbocycles. The highest BCUT2D eigenvalue weighted by atomic mass is 19.1. The Morgan fingerprint density at radius 2 is 1.80 bits per heavy atom. The van der Waals surface area contributed by atoms with Crippen LogP contribution in [0.5, 0.6) is 0 Å². The average molecular weight is 753 g/mol. The molecule has 0 aromatic heterocycles. The number of halogens is 1. The molecule has 54 heavy (non-hydrogen) atoms. The molecule has 2 aromatic rings. The third-order valence-corrected chi connectivity index (χ3v) is 10.2. The van der Waals surface area contributed by atoms with Crippen LogP contribution in [0.2, 0.25) is 0 Å². The van der Waals surface area contributed by atoms with E-state index in [1.807, 2.05) is 12.2 Å². The Kier molecular flexibility index (Phi) is 12.2. The molecule has 292 valence electrons. The van der Waals surface area contributed by atoms with Crippen molar-refractivity contribution in [2.45, 2.75) is 108 Å². The van der Waals surface area contributed by atoms with Gasteiger partial charge in [0.05, 0.1) is 19.1 Å². The lowest BCUT2D eigenvalue weighted by atomic mass is 10.0. The molecule has 1 saturated heterocycles. The van der Waals surface area contributed by atoms with E-state index in [0.29, 0.717) is 43.1 Å². The van der Waals surface area contributed by atoms with Crippen LogP contribution in [0.1, 0.15) is 76.8 Å².